The number of carbonyl (C=O) groups is 2. The van der Waals surface area contributed by atoms with E-state index in [1.807, 2.05) is 45.9 Å². The van der Waals surface area contributed by atoms with E-state index in [-0.39, 0.29) is 12.5 Å². The molecule has 4 aromatic rings. The summed E-state index contributed by atoms with van der Waals surface area (Å²) in [6.07, 6.45) is 2.80. The highest BCUT2D eigenvalue weighted by Crippen LogP contribution is 2.43. The molecule has 5 nitrogen and oxygen atoms in total. The number of benzene rings is 3. The van der Waals surface area contributed by atoms with Gasteiger partial charge in [-0.3, -0.25) is 9.59 Å². The summed E-state index contributed by atoms with van der Waals surface area (Å²) in [5, 5.41) is 10.6. The lowest BCUT2D eigenvalue weighted by atomic mass is 9.73. The van der Waals surface area contributed by atoms with Crippen LogP contribution in [0, 0.1) is 5.41 Å². The smallest absolute Gasteiger partial charge is 0.323 e. The van der Waals surface area contributed by atoms with Gasteiger partial charge < -0.3 is 14.6 Å². The minimum Gasteiger partial charge on any atom is -0.480 e. The molecule has 0 bridgehead atoms. The number of aliphatic carboxylic acids is 1. The number of hydrogen-bond acceptors (Lipinski definition) is 2. The fourth-order valence-electron chi connectivity index (χ4n) is 6.06. The SMILES string of the molecule is CC1(C(=O)N2Cc3ccccc3Cc3ccccc32)CCc2c(c3ccccc3n2CC(=O)O)C1. The average Bonchev–Trinajstić information content (AvgIpc) is 3.04. The van der Waals surface area contributed by atoms with Crippen molar-refractivity contribution < 1.29 is 14.7 Å². The summed E-state index contributed by atoms with van der Waals surface area (Å²) in [5.41, 5.74) is 7.16. The minimum absolute atomic E-state index is 0.0587. The second kappa shape index (κ2) is 8.12. The number of aromatic nitrogens is 1. The lowest BCUT2D eigenvalue weighted by Crippen LogP contribution is -2.45. The summed E-state index contributed by atoms with van der Waals surface area (Å²) in [5.74, 6) is -0.708. The largest absolute Gasteiger partial charge is 0.480 e. The molecule has 6 rings (SSSR count). The third kappa shape index (κ3) is 3.54. The Kier molecular flexibility index (Phi) is 5.03. The second-order valence-corrected chi connectivity index (χ2v) is 10.1. The Bertz CT molecular complexity index is 1480. The highest BCUT2D eigenvalue weighted by molar-refractivity contribution is 5.99. The van der Waals surface area contributed by atoms with E-state index in [0.717, 1.165) is 34.3 Å². The summed E-state index contributed by atoms with van der Waals surface area (Å²) in [6.45, 7) is 2.59. The number of carboxylic acid groups (broad SMARTS) is 1. The molecule has 1 amide bonds. The standard InChI is InChI=1S/C30H28N2O3/c1-30(15-14-27-24(17-30)23-11-5-7-13-26(23)31(27)19-28(33)34)29(35)32-18-22-10-3-2-8-20(22)16-21-9-4-6-12-25(21)32/h2-13H,14-19H2,1H3,(H,33,34). The average molecular weight is 465 g/mol. The molecule has 176 valence electrons. The van der Waals surface area contributed by atoms with Crippen molar-refractivity contribution >= 4 is 28.5 Å². The molecule has 0 radical (unpaired) electrons. The van der Waals surface area contributed by atoms with Crippen molar-refractivity contribution in [2.75, 3.05) is 4.90 Å². The molecule has 1 N–H and O–H groups in total. The van der Waals surface area contributed by atoms with Crippen LogP contribution in [-0.2, 0) is 41.9 Å². The van der Waals surface area contributed by atoms with Crippen molar-refractivity contribution in [1.82, 2.24) is 4.57 Å². The Morgan fingerprint density at radius 2 is 1.60 bits per heavy atom. The lowest BCUT2D eigenvalue weighted by molar-refractivity contribution is -0.137. The monoisotopic (exact) mass is 464 g/mol. The normalized spacial score (nSPS) is 18.9. The van der Waals surface area contributed by atoms with Crippen molar-refractivity contribution in [3.8, 4) is 0 Å². The van der Waals surface area contributed by atoms with Gasteiger partial charge in [-0.1, -0.05) is 67.6 Å². The fourth-order valence-corrected chi connectivity index (χ4v) is 6.06. The highest BCUT2D eigenvalue weighted by atomic mass is 16.4. The highest BCUT2D eigenvalue weighted by Gasteiger charge is 2.42. The fraction of sp³-hybridized carbons (Fsp3) is 0.267. The van der Waals surface area contributed by atoms with Crippen LogP contribution in [-0.4, -0.2) is 21.6 Å². The molecule has 1 aromatic heterocycles. The van der Waals surface area contributed by atoms with E-state index in [9.17, 15) is 14.7 Å². The predicted molar refractivity (Wildman–Crippen MR) is 137 cm³/mol. The van der Waals surface area contributed by atoms with E-state index in [1.54, 1.807) is 0 Å². The van der Waals surface area contributed by atoms with Gasteiger partial charge in [0.15, 0.2) is 0 Å². The van der Waals surface area contributed by atoms with Gasteiger partial charge in [0.05, 0.1) is 12.0 Å². The first-order chi connectivity index (χ1) is 16.9. The molecular weight excluding hydrogens is 436 g/mol. The summed E-state index contributed by atoms with van der Waals surface area (Å²) < 4.78 is 1.93. The van der Waals surface area contributed by atoms with Crippen LogP contribution in [0.25, 0.3) is 10.9 Å². The molecule has 2 aliphatic rings. The number of amides is 1. The third-order valence-corrected chi connectivity index (χ3v) is 7.84. The van der Waals surface area contributed by atoms with E-state index in [2.05, 4.69) is 43.3 Å². The first-order valence-electron chi connectivity index (χ1n) is 12.2. The van der Waals surface area contributed by atoms with Crippen LogP contribution in [0.2, 0.25) is 0 Å². The van der Waals surface area contributed by atoms with Crippen molar-refractivity contribution in [3.63, 3.8) is 0 Å². The number of carbonyl (C=O) groups excluding carboxylic acids is 1. The zero-order valence-electron chi connectivity index (χ0n) is 19.8. The Labute approximate surface area is 204 Å². The number of para-hydroxylation sites is 2. The molecule has 2 heterocycles. The quantitative estimate of drug-likeness (QED) is 0.444. The Morgan fingerprint density at radius 3 is 2.40 bits per heavy atom. The first-order valence-corrected chi connectivity index (χ1v) is 12.2. The molecule has 0 saturated carbocycles. The number of nitrogens with zero attached hydrogens (tertiary/aromatic N) is 2. The van der Waals surface area contributed by atoms with Crippen LogP contribution < -0.4 is 4.90 Å². The van der Waals surface area contributed by atoms with Crippen molar-refractivity contribution in [2.45, 2.75) is 45.7 Å². The predicted octanol–water partition coefficient (Wildman–Crippen LogP) is 5.36. The zero-order chi connectivity index (χ0) is 24.2. The number of rotatable bonds is 3. The van der Waals surface area contributed by atoms with E-state index in [4.69, 9.17) is 0 Å². The van der Waals surface area contributed by atoms with Crippen LogP contribution in [0.4, 0.5) is 5.69 Å². The molecule has 1 aliphatic heterocycles. The second-order valence-electron chi connectivity index (χ2n) is 10.1. The van der Waals surface area contributed by atoms with Crippen LogP contribution in [0.15, 0.2) is 72.8 Å². The Balaban J connectivity index is 1.42. The van der Waals surface area contributed by atoms with Crippen LogP contribution in [0.5, 0.6) is 0 Å². The molecule has 1 unspecified atom stereocenters. The molecule has 1 aliphatic carbocycles. The van der Waals surface area contributed by atoms with E-state index in [1.165, 1.54) is 16.7 Å². The number of hydrogen-bond donors (Lipinski definition) is 1. The molecular formula is C30H28N2O3. The van der Waals surface area contributed by atoms with E-state index < -0.39 is 11.4 Å². The topological polar surface area (TPSA) is 62.5 Å². The molecule has 5 heteroatoms. The van der Waals surface area contributed by atoms with Gasteiger partial charge in [0, 0.05) is 22.3 Å². The molecule has 0 saturated heterocycles. The Morgan fingerprint density at radius 1 is 0.914 bits per heavy atom. The molecule has 0 fully saturated rings. The van der Waals surface area contributed by atoms with Gasteiger partial charge in [-0.25, -0.2) is 0 Å². The Hall–Kier alpha value is -3.86. The first kappa shape index (κ1) is 21.7. The van der Waals surface area contributed by atoms with Gasteiger partial charge in [0.2, 0.25) is 5.91 Å². The molecule has 35 heavy (non-hydrogen) atoms. The van der Waals surface area contributed by atoms with Crippen molar-refractivity contribution in [1.29, 1.82) is 0 Å². The van der Waals surface area contributed by atoms with Crippen molar-refractivity contribution in [2.24, 2.45) is 5.41 Å². The van der Waals surface area contributed by atoms with Crippen LogP contribution in [0.1, 0.15) is 41.3 Å². The van der Waals surface area contributed by atoms with Gasteiger partial charge >= 0.3 is 5.97 Å². The zero-order valence-corrected chi connectivity index (χ0v) is 19.8. The van der Waals surface area contributed by atoms with Gasteiger partial charge in [0.25, 0.3) is 0 Å². The molecule has 0 spiro atoms. The van der Waals surface area contributed by atoms with Crippen molar-refractivity contribution in [3.05, 3.63) is 101 Å². The maximum atomic E-state index is 14.4. The number of carboxylic acids is 1. The minimum atomic E-state index is -0.849. The van der Waals surface area contributed by atoms with Gasteiger partial charge in [0.1, 0.15) is 6.54 Å². The summed E-state index contributed by atoms with van der Waals surface area (Å²) in [7, 11) is 0. The summed E-state index contributed by atoms with van der Waals surface area (Å²) in [4.78, 5) is 28.0. The molecule has 1 atom stereocenters. The summed E-state index contributed by atoms with van der Waals surface area (Å²) >= 11 is 0. The summed E-state index contributed by atoms with van der Waals surface area (Å²) in [6, 6.07) is 24.6. The molecule has 3 aromatic carbocycles. The van der Waals surface area contributed by atoms with Gasteiger partial charge in [-0.05, 0) is 60.1 Å². The van der Waals surface area contributed by atoms with E-state index >= 15 is 0 Å². The van der Waals surface area contributed by atoms with Gasteiger partial charge in [-0.2, -0.15) is 0 Å². The maximum absolute atomic E-state index is 14.4. The lowest BCUT2D eigenvalue weighted by Gasteiger charge is -2.38. The van der Waals surface area contributed by atoms with Crippen LogP contribution >= 0.6 is 0 Å². The number of fused-ring (bicyclic) bond motifs is 5. The van der Waals surface area contributed by atoms with E-state index in [0.29, 0.717) is 25.8 Å². The number of anilines is 1. The van der Waals surface area contributed by atoms with Crippen LogP contribution in [0.3, 0.4) is 0 Å². The van der Waals surface area contributed by atoms with Gasteiger partial charge in [-0.15, -0.1) is 0 Å². The maximum Gasteiger partial charge on any atom is 0.323 e. The third-order valence-electron chi connectivity index (χ3n) is 7.84.